The van der Waals surface area contributed by atoms with E-state index >= 15 is 0 Å². The van der Waals surface area contributed by atoms with Gasteiger partial charge in [0.1, 0.15) is 0 Å². The van der Waals surface area contributed by atoms with E-state index in [1.54, 1.807) is 11.1 Å². The minimum Gasteiger partial charge on any atom is -0.310 e. The van der Waals surface area contributed by atoms with Crippen LogP contribution in [0.15, 0.2) is 142 Å². The highest BCUT2D eigenvalue weighted by Crippen LogP contribution is 2.58. The van der Waals surface area contributed by atoms with Crippen LogP contribution in [0.1, 0.15) is 307 Å². The number of halogens is 2. The molecule has 9 aromatic carbocycles. The molecule has 0 saturated carbocycles. The maximum absolute atomic E-state index is 4.25. The molecule has 0 N–H and O–H groups in total. The van der Waals surface area contributed by atoms with Crippen molar-refractivity contribution in [2.45, 2.75) is 286 Å². The Morgan fingerprint density at radius 3 is 1.53 bits per heavy atom. The van der Waals surface area contributed by atoms with Gasteiger partial charge >= 0.3 is 0 Å². The summed E-state index contributed by atoms with van der Waals surface area (Å²) in [7, 11) is 0. The van der Waals surface area contributed by atoms with Crippen LogP contribution in [0.4, 0.5) is 34.1 Å². The lowest BCUT2D eigenvalue weighted by molar-refractivity contribution is 0.397. The van der Waals surface area contributed by atoms with Crippen molar-refractivity contribution in [1.82, 2.24) is 0 Å². The fraction of sp³-hybridized carbons (Fsp3) is 0.468. The van der Waals surface area contributed by atoms with Gasteiger partial charge in [-0.05, 0) is 255 Å². The summed E-state index contributed by atoms with van der Waals surface area (Å²) in [6.45, 7) is 48.3. The van der Waals surface area contributed by atoms with Gasteiger partial charge in [0.2, 0.25) is 0 Å². The molecule has 2 atom stereocenters. The highest BCUT2D eigenvalue weighted by Gasteiger charge is 2.42. The van der Waals surface area contributed by atoms with Gasteiger partial charge in [-0.1, -0.05) is 295 Å². The van der Waals surface area contributed by atoms with E-state index in [4.69, 9.17) is 0 Å². The molecule has 2 unspecified atom stereocenters. The van der Waals surface area contributed by atoms with Gasteiger partial charge in [0.15, 0.2) is 0 Å². The Labute approximate surface area is 609 Å². The molecule has 0 spiro atoms. The Morgan fingerprint density at radius 1 is 0.459 bits per heavy atom. The van der Waals surface area contributed by atoms with Gasteiger partial charge in [-0.15, -0.1) is 0 Å². The van der Waals surface area contributed by atoms with Crippen LogP contribution in [-0.4, -0.2) is 0 Å². The van der Waals surface area contributed by atoms with Crippen LogP contribution in [0, 0.1) is 0 Å². The molecule has 3 aliphatic rings. The van der Waals surface area contributed by atoms with Crippen LogP contribution in [0.2, 0.25) is 0 Å². The lowest BCUT2D eigenvalue weighted by atomic mass is 9.69. The first kappa shape index (κ1) is 71.9. The van der Waals surface area contributed by atoms with Gasteiger partial charge in [0.25, 0.3) is 0 Å². The van der Waals surface area contributed by atoms with Crippen molar-refractivity contribution in [3.63, 3.8) is 0 Å². The van der Waals surface area contributed by atoms with Crippen LogP contribution in [0.5, 0.6) is 0 Å². The molecule has 0 amide bonds. The highest BCUT2D eigenvalue weighted by atomic mass is 79.9. The van der Waals surface area contributed by atoms with Crippen molar-refractivity contribution in [2.24, 2.45) is 0 Å². The molecule has 2 bridgehead atoms. The number of benzene rings is 9. The summed E-state index contributed by atoms with van der Waals surface area (Å²) in [6, 6.07) is 55.3. The third-order valence-electron chi connectivity index (χ3n) is 23.7. The lowest BCUT2D eigenvalue weighted by Gasteiger charge is -2.40. The Hall–Kier alpha value is -5.94. The van der Waals surface area contributed by atoms with Crippen LogP contribution < -0.4 is 9.80 Å². The molecule has 0 saturated heterocycles. The van der Waals surface area contributed by atoms with Crippen LogP contribution >= 0.6 is 31.9 Å². The van der Waals surface area contributed by atoms with Gasteiger partial charge in [-0.3, -0.25) is 0 Å². The summed E-state index contributed by atoms with van der Waals surface area (Å²) in [5.74, 6) is 0.676. The topological polar surface area (TPSA) is 6.48 Å². The fourth-order valence-electron chi connectivity index (χ4n) is 17.8. The number of hydrogen-bond donors (Lipinski definition) is 0. The van der Waals surface area contributed by atoms with Crippen molar-refractivity contribution >= 4 is 87.5 Å². The summed E-state index contributed by atoms with van der Waals surface area (Å²) in [5, 5.41) is 5.62. The predicted octanol–water partition coefficient (Wildman–Crippen LogP) is 30.1. The smallest absolute Gasteiger partial charge is 0.0502 e. The van der Waals surface area contributed by atoms with Crippen molar-refractivity contribution in [2.75, 3.05) is 9.80 Å². The third-order valence-corrected chi connectivity index (χ3v) is 25.2. The number of fused-ring (bicyclic) bond motifs is 10. The Kier molecular flexibility index (Phi) is 20.1. The van der Waals surface area contributed by atoms with Crippen molar-refractivity contribution in [3.05, 3.63) is 209 Å². The molecule has 4 heteroatoms. The monoisotopic (exact) mass is 1430 g/mol. The van der Waals surface area contributed by atoms with Crippen molar-refractivity contribution < 1.29 is 0 Å². The average Bonchev–Trinajstić information content (AvgIpc) is 1.15. The normalized spacial score (nSPS) is 16.3. The summed E-state index contributed by atoms with van der Waals surface area (Å²) in [4.78, 5) is 5.39. The second-order valence-corrected chi connectivity index (χ2v) is 36.6. The first-order chi connectivity index (χ1) is 46.4. The molecular weight excluding hydrogens is 1320 g/mol. The maximum Gasteiger partial charge on any atom is 0.0502 e. The highest BCUT2D eigenvalue weighted by molar-refractivity contribution is 9.10. The SMILES string of the molecule is CCCCCCCC(CC)c1c2c3cc(ccc3c3ccc(N(c4ccc5c(c4)C(C)(C)c4cc(C(C)(C)C)ccc4-5)c4cc(CC)c(Br)cc4C(C)(C)C)cc13)N(c1ccc3c(c1)C(C)(C)c1cc(C(C)(C)C)ccc1-3)c1cc(CC)c(Br)cc1C(C)(C)CC2CCCCCCC. The van der Waals surface area contributed by atoms with Gasteiger partial charge < -0.3 is 9.80 Å². The summed E-state index contributed by atoms with van der Waals surface area (Å²) < 4.78 is 2.40. The van der Waals surface area contributed by atoms with E-state index in [0.29, 0.717) is 11.8 Å². The second kappa shape index (κ2) is 27.4. The van der Waals surface area contributed by atoms with Gasteiger partial charge in [-0.25, -0.2) is 0 Å². The summed E-state index contributed by atoms with van der Waals surface area (Å²) >= 11 is 8.39. The van der Waals surface area contributed by atoms with Crippen LogP contribution in [0.3, 0.4) is 0 Å². The Bertz CT molecular complexity index is 4490. The number of nitrogens with zero attached hydrogens (tertiary/aromatic N) is 2. The van der Waals surface area contributed by atoms with Crippen molar-refractivity contribution in [3.8, 4) is 22.3 Å². The molecule has 0 radical (unpaired) electrons. The van der Waals surface area contributed by atoms with E-state index in [2.05, 4.69) is 314 Å². The quantitative estimate of drug-likeness (QED) is 0.0554. The van der Waals surface area contributed by atoms with E-state index in [1.807, 2.05) is 0 Å². The first-order valence-corrected chi connectivity index (χ1v) is 39.8. The maximum atomic E-state index is 4.25. The molecule has 2 nitrogen and oxygen atoms in total. The largest absolute Gasteiger partial charge is 0.310 e. The molecule has 1 aliphatic heterocycles. The zero-order valence-corrected chi connectivity index (χ0v) is 67.0. The number of unbranched alkanes of at least 4 members (excludes halogenated alkanes) is 8. The van der Waals surface area contributed by atoms with E-state index < -0.39 is 0 Å². The zero-order chi connectivity index (χ0) is 70.3. The van der Waals surface area contributed by atoms with E-state index in [1.165, 1.54) is 213 Å². The molecule has 98 heavy (non-hydrogen) atoms. The molecule has 516 valence electrons. The molecule has 1 heterocycles. The fourth-order valence-corrected chi connectivity index (χ4v) is 19.1. The predicted molar refractivity (Wildman–Crippen MR) is 436 cm³/mol. The Morgan fingerprint density at radius 2 is 0.949 bits per heavy atom. The molecule has 0 fully saturated rings. The third kappa shape index (κ3) is 13.2. The van der Waals surface area contributed by atoms with E-state index in [9.17, 15) is 0 Å². The second-order valence-electron chi connectivity index (χ2n) is 34.9. The van der Waals surface area contributed by atoms with E-state index in [-0.39, 0.29) is 32.5 Å². The molecular formula is C94H116Br2N2. The molecule has 0 aromatic heterocycles. The number of hydrogen-bond acceptors (Lipinski definition) is 2. The standard InChI is InChI=1S/C94H116Br2N2/c1-21-26-28-30-32-34-59(23-3)87-75-52-65(97(85-48-60(24-4)83(95)56-81(85)91(12,13)14)67-40-46-73-71-42-36-63(89(6,7)8)50-77(71)93(17,18)79(73)54-67)38-44-69(75)70-45-39-66-53-76(70)88(87)62(35-33-31-29-27-22-2)58-92(15,16)82-57-84(96)61(25-5)49-86(82)98(66)68-41-47-74-72-43-37-64(90(9,10)11)51-78(72)94(19,20)80(74)55-68/h36-57,59,62H,21-35,58H2,1-20H3. The zero-order valence-electron chi connectivity index (χ0n) is 63.8. The summed E-state index contributed by atoms with van der Waals surface area (Å²) in [6.07, 6.45) is 19.0. The average molecular weight is 1430 g/mol. The minimum atomic E-state index is -0.223. The number of aryl methyl sites for hydroxylation is 2. The van der Waals surface area contributed by atoms with Gasteiger partial charge in [-0.2, -0.15) is 0 Å². The number of rotatable bonds is 20. The molecule has 12 rings (SSSR count). The van der Waals surface area contributed by atoms with Crippen LogP contribution in [-0.2, 0) is 45.3 Å². The van der Waals surface area contributed by atoms with Gasteiger partial charge in [0, 0.05) is 42.5 Å². The van der Waals surface area contributed by atoms with Gasteiger partial charge in [0.05, 0.1) is 11.4 Å². The van der Waals surface area contributed by atoms with E-state index in [0.717, 1.165) is 32.1 Å². The lowest BCUT2D eigenvalue weighted by Crippen LogP contribution is -2.27. The summed E-state index contributed by atoms with van der Waals surface area (Å²) in [5.41, 5.74) is 29.3. The molecule has 2 aliphatic carbocycles. The number of anilines is 6. The molecule has 9 aromatic rings. The minimum absolute atomic E-state index is 0.0475. The van der Waals surface area contributed by atoms with Crippen LogP contribution in [0.25, 0.3) is 43.8 Å². The van der Waals surface area contributed by atoms with Crippen molar-refractivity contribution in [1.29, 1.82) is 0 Å². The Balaban J connectivity index is 1.16. The first-order valence-electron chi connectivity index (χ1n) is 38.3.